The molecule has 0 atom stereocenters. The van der Waals surface area contributed by atoms with Gasteiger partial charge in [-0.3, -0.25) is 14.0 Å². The van der Waals surface area contributed by atoms with Crippen LogP contribution in [0, 0.1) is 12.7 Å². The van der Waals surface area contributed by atoms with Crippen molar-refractivity contribution in [2.24, 2.45) is 0 Å². The Morgan fingerprint density at radius 2 is 1.61 bits per heavy atom. The molecule has 1 N–H and O–H groups in total. The van der Waals surface area contributed by atoms with Crippen LogP contribution in [0.5, 0.6) is 0 Å². The first kappa shape index (κ1) is 25.9. The highest BCUT2D eigenvalue weighted by Gasteiger charge is 2.27. The first-order chi connectivity index (χ1) is 17.3. The van der Waals surface area contributed by atoms with Crippen molar-refractivity contribution in [2.45, 2.75) is 44.2 Å². The Labute approximate surface area is 212 Å². The van der Waals surface area contributed by atoms with E-state index < -0.39 is 28.3 Å². The number of halogens is 1. The van der Waals surface area contributed by atoms with Crippen LogP contribution in [0.3, 0.4) is 0 Å². The number of anilines is 1. The quantitative estimate of drug-likeness (QED) is 0.457. The molecule has 1 aliphatic rings. The SMILES string of the molecule is Cc1ccc(N(CC(=O)NCc2cccc(CN3CCCCC3)c2)S(=O)(=O)c2ccc(F)cc2)cc1. The number of nitrogens with one attached hydrogen (secondary N) is 1. The molecular weight excluding hydrogens is 477 g/mol. The third-order valence-corrected chi connectivity index (χ3v) is 8.13. The van der Waals surface area contributed by atoms with Gasteiger partial charge in [-0.15, -0.1) is 0 Å². The van der Waals surface area contributed by atoms with Crippen LogP contribution in [0.15, 0.2) is 77.7 Å². The van der Waals surface area contributed by atoms with Crippen LogP contribution < -0.4 is 9.62 Å². The second-order valence-corrected chi connectivity index (χ2v) is 11.1. The lowest BCUT2D eigenvalue weighted by Gasteiger charge is -2.26. The van der Waals surface area contributed by atoms with Gasteiger partial charge in [0.25, 0.3) is 10.0 Å². The molecule has 3 aromatic rings. The van der Waals surface area contributed by atoms with Crippen molar-refractivity contribution in [3.63, 3.8) is 0 Å². The molecule has 0 aliphatic carbocycles. The number of amides is 1. The first-order valence-electron chi connectivity index (χ1n) is 12.2. The number of likely N-dealkylation sites (tertiary alicyclic amines) is 1. The Morgan fingerprint density at radius 3 is 2.31 bits per heavy atom. The lowest BCUT2D eigenvalue weighted by atomic mass is 10.1. The average Bonchev–Trinajstić information content (AvgIpc) is 2.88. The second-order valence-electron chi connectivity index (χ2n) is 9.23. The van der Waals surface area contributed by atoms with Gasteiger partial charge in [0.2, 0.25) is 5.91 Å². The van der Waals surface area contributed by atoms with Crippen LogP contribution in [0.2, 0.25) is 0 Å². The van der Waals surface area contributed by atoms with Crippen LogP contribution in [0.1, 0.15) is 36.0 Å². The minimum Gasteiger partial charge on any atom is -0.350 e. The van der Waals surface area contributed by atoms with E-state index in [1.54, 1.807) is 24.3 Å². The highest BCUT2D eigenvalue weighted by atomic mass is 32.2. The van der Waals surface area contributed by atoms with Crippen molar-refractivity contribution < 1.29 is 17.6 Å². The number of nitrogens with zero attached hydrogens (tertiary/aromatic N) is 2. The van der Waals surface area contributed by atoms with E-state index in [9.17, 15) is 17.6 Å². The molecule has 190 valence electrons. The number of piperidine rings is 1. The molecule has 36 heavy (non-hydrogen) atoms. The van der Waals surface area contributed by atoms with E-state index >= 15 is 0 Å². The molecule has 4 rings (SSSR count). The summed E-state index contributed by atoms with van der Waals surface area (Å²) >= 11 is 0. The van der Waals surface area contributed by atoms with Crippen LogP contribution >= 0.6 is 0 Å². The van der Waals surface area contributed by atoms with Gasteiger partial charge in [0.15, 0.2) is 0 Å². The van der Waals surface area contributed by atoms with E-state index in [-0.39, 0.29) is 4.90 Å². The van der Waals surface area contributed by atoms with Gasteiger partial charge in [-0.2, -0.15) is 0 Å². The summed E-state index contributed by atoms with van der Waals surface area (Å²) in [6.45, 7) is 4.91. The van der Waals surface area contributed by atoms with Gasteiger partial charge in [0, 0.05) is 13.1 Å². The van der Waals surface area contributed by atoms with E-state index in [0.717, 1.165) is 47.2 Å². The lowest BCUT2D eigenvalue weighted by molar-refractivity contribution is -0.119. The minimum absolute atomic E-state index is 0.0808. The van der Waals surface area contributed by atoms with Crippen LogP contribution in [0.4, 0.5) is 10.1 Å². The molecule has 1 fully saturated rings. The normalized spacial score (nSPS) is 14.4. The number of carbonyl (C=O) groups is 1. The zero-order valence-corrected chi connectivity index (χ0v) is 21.3. The number of sulfonamides is 1. The zero-order chi connectivity index (χ0) is 25.5. The maximum absolute atomic E-state index is 13.4. The molecule has 0 aromatic heterocycles. The maximum atomic E-state index is 13.4. The Morgan fingerprint density at radius 1 is 0.944 bits per heavy atom. The largest absolute Gasteiger partial charge is 0.350 e. The van der Waals surface area contributed by atoms with Crippen LogP contribution in [-0.2, 0) is 27.9 Å². The smallest absolute Gasteiger partial charge is 0.264 e. The van der Waals surface area contributed by atoms with E-state index in [0.29, 0.717) is 12.2 Å². The monoisotopic (exact) mass is 509 g/mol. The number of hydrogen-bond acceptors (Lipinski definition) is 4. The summed E-state index contributed by atoms with van der Waals surface area (Å²) in [5.41, 5.74) is 3.49. The molecule has 8 heteroatoms. The van der Waals surface area contributed by atoms with Gasteiger partial charge in [0.05, 0.1) is 10.6 Å². The van der Waals surface area contributed by atoms with Gasteiger partial charge in [0.1, 0.15) is 12.4 Å². The topological polar surface area (TPSA) is 69.7 Å². The summed E-state index contributed by atoms with van der Waals surface area (Å²) in [5, 5.41) is 2.86. The number of carbonyl (C=O) groups excluding carboxylic acids is 1. The first-order valence-corrected chi connectivity index (χ1v) is 13.7. The number of benzene rings is 3. The molecule has 1 heterocycles. The van der Waals surface area contributed by atoms with Gasteiger partial charge in [-0.05, 0) is 80.4 Å². The Hall–Kier alpha value is -3.23. The van der Waals surface area contributed by atoms with Crippen LogP contribution in [-0.4, -0.2) is 38.9 Å². The van der Waals surface area contributed by atoms with Crippen molar-refractivity contribution in [2.75, 3.05) is 23.9 Å². The van der Waals surface area contributed by atoms with Crippen molar-refractivity contribution in [1.29, 1.82) is 0 Å². The van der Waals surface area contributed by atoms with E-state index in [2.05, 4.69) is 22.3 Å². The molecule has 0 unspecified atom stereocenters. The molecule has 6 nitrogen and oxygen atoms in total. The second kappa shape index (κ2) is 11.7. The maximum Gasteiger partial charge on any atom is 0.264 e. The Balaban J connectivity index is 1.46. The van der Waals surface area contributed by atoms with Gasteiger partial charge in [-0.1, -0.05) is 48.4 Å². The van der Waals surface area contributed by atoms with Gasteiger partial charge < -0.3 is 5.32 Å². The van der Waals surface area contributed by atoms with E-state index in [1.807, 2.05) is 19.1 Å². The molecule has 0 saturated carbocycles. The molecule has 0 bridgehead atoms. The molecule has 3 aromatic carbocycles. The fourth-order valence-corrected chi connectivity index (χ4v) is 5.78. The molecule has 1 saturated heterocycles. The summed E-state index contributed by atoms with van der Waals surface area (Å²) in [6.07, 6.45) is 3.75. The predicted octanol–water partition coefficient (Wildman–Crippen LogP) is 4.63. The average molecular weight is 510 g/mol. The van der Waals surface area contributed by atoms with Crippen LogP contribution in [0.25, 0.3) is 0 Å². The minimum atomic E-state index is -4.08. The third-order valence-electron chi connectivity index (χ3n) is 6.35. The molecular formula is C28H32FN3O3S. The van der Waals surface area contributed by atoms with Crippen molar-refractivity contribution in [3.05, 3.63) is 95.3 Å². The number of hydrogen-bond donors (Lipinski definition) is 1. The summed E-state index contributed by atoms with van der Waals surface area (Å²) in [7, 11) is -4.08. The molecule has 1 aliphatic heterocycles. The van der Waals surface area contributed by atoms with Crippen molar-refractivity contribution >= 4 is 21.6 Å². The Bertz CT molecular complexity index is 1270. The summed E-state index contributed by atoms with van der Waals surface area (Å²) < 4.78 is 41.2. The van der Waals surface area contributed by atoms with Crippen molar-refractivity contribution in [3.8, 4) is 0 Å². The summed E-state index contributed by atoms with van der Waals surface area (Å²) in [4.78, 5) is 15.3. The third kappa shape index (κ3) is 6.71. The standard InChI is InChI=1S/C28H32FN3O3S/c1-22-8-12-26(13-9-22)32(36(34,35)27-14-10-25(29)11-15-27)21-28(33)30-19-23-6-5-7-24(18-23)20-31-16-3-2-4-17-31/h5-15,18H,2-4,16-17,19-21H2,1H3,(H,30,33). The Kier molecular flexibility index (Phi) is 8.38. The van der Waals surface area contributed by atoms with E-state index in [4.69, 9.17) is 0 Å². The summed E-state index contributed by atoms with van der Waals surface area (Å²) in [6, 6.07) is 19.6. The van der Waals surface area contributed by atoms with Crippen molar-refractivity contribution in [1.82, 2.24) is 10.2 Å². The highest BCUT2D eigenvalue weighted by Crippen LogP contribution is 2.24. The predicted molar refractivity (Wildman–Crippen MR) is 140 cm³/mol. The number of rotatable bonds is 9. The zero-order valence-electron chi connectivity index (χ0n) is 20.5. The fourth-order valence-electron chi connectivity index (χ4n) is 4.36. The fraction of sp³-hybridized carbons (Fsp3) is 0.321. The molecule has 1 amide bonds. The number of aryl methyl sites for hydroxylation is 1. The summed E-state index contributed by atoms with van der Waals surface area (Å²) in [5.74, 6) is -0.959. The lowest BCUT2D eigenvalue weighted by Crippen LogP contribution is -2.40. The molecule has 0 spiro atoms. The van der Waals surface area contributed by atoms with Gasteiger partial charge in [-0.25, -0.2) is 12.8 Å². The van der Waals surface area contributed by atoms with E-state index in [1.165, 1.54) is 37.0 Å². The van der Waals surface area contributed by atoms with Gasteiger partial charge >= 0.3 is 0 Å². The highest BCUT2D eigenvalue weighted by molar-refractivity contribution is 7.92. The molecule has 0 radical (unpaired) electrons.